The molecule has 4 heterocycles. The Balaban J connectivity index is 1.44. The summed E-state index contributed by atoms with van der Waals surface area (Å²) in [4.78, 5) is 31.9. The highest BCUT2D eigenvalue weighted by molar-refractivity contribution is 5.82. The molecule has 0 aliphatic carbocycles. The summed E-state index contributed by atoms with van der Waals surface area (Å²) in [6.45, 7) is 8.70. The van der Waals surface area contributed by atoms with Gasteiger partial charge in [0.1, 0.15) is 5.82 Å². The van der Waals surface area contributed by atoms with Crippen molar-refractivity contribution in [2.24, 2.45) is 5.41 Å². The van der Waals surface area contributed by atoms with Crippen molar-refractivity contribution >= 4 is 11.9 Å². The number of carbonyl (C=O) groups excluding carboxylic acids is 1. The number of halogens is 1. The van der Waals surface area contributed by atoms with Gasteiger partial charge in [-0.05, 0) is 37.3 Å². The van der Waals surface area contributed by atoms with E-state index in [0.717, 1.165) is 0 Å². The number of nitrogens with one attached hydrogen (secondary N) is 2. The van der Waals surface area contributed by atoms with E-state index < -0.39 is 11.7 Å². The van der Waals surface area contributed by atoms with Crippen LogP contribution < -0.4 is 10.2 Å². The number of anilines is 1. The Kier molecular flexibility index (Phi) is 7.26. The maximum Gasteiger partial charge on any atom is 0.230 e. The quantitative estimate of drug-likeness (QED) is 0.469. The number of aromatic nitrogens is 4. The SMILES string of the molecule is C=CCNC(=O)C1(C)COC(c2nc(-c3ccc(F)cc3)c(-c3ccnc(N4CCOCC4)n3)[nH]2)OC1. The second-order valence-corrected chi connectivity index (χ2v) is 9.21. The Labute approximate surface area is 213 Å². The predicted octanol–water partition coefficient (Wildman–Crippen LogP) is 2.86. The molecule has 1 aromatic carbocycles. The van der Waals surface area contributed by atoms with Gasteiger partial charge in [0.25, 0.3) is 0 Å². The summed E-state index contributed by atoms with van der Waals surface area (Å²) >= 11 is 0. The van der Waals surface area contributed by atoms with Gasteiger partial charge in [-0.1, -0.05) is 6.08 Å². The van der Waals surface area contributed by atoms with Crippen molar-refractivity contribution in [1.82, 2.24) is 25.3 Å². The topological polar surface area (TPSA) is 114 Å². The predicted molar refractivity (Wildman–Crippen MR) is 134 cm³/mol. The number of carbonyl (C=O) groups is 1. The van der Waals surface area contributed by atoms with Gasteiger partial charge >= 0.3 is 0 Å². The molecule has 2 aliphatic rings. The molecule has 2 aromatic heterocycles. The van der Waals surface area contributed by atoms with E-state index in [1.54, 1.807) is 37.4 Å². The first kappa shape index (κ1) is 25.0. The molecule has 10 nitrogen and oxygen atoms in total. The molecular weight excluding hydrogens is 479 g/mol. The van der Waals surface area contributed by atoms with E-state index in [1.165, 1.54) is 12.1 Å². The number of morpholine rings is 1. The molecule has 0 unspecified atom stereocenters. The summed E-state index contributed by atoms with van der Waals surface area (Å²) in [5, 5.41) is 2.79. The van der Waals surface area contributed by atoms with E-state index in [4.69, 9.17) is 24.2 Å². The minimum atomic E-state index is -0.839. The Morgan fingerprint density at radius 1 is 1.22 bits per heavy atom. The van der Waals surface area contributed by atoms with E-state index in [2.05, 4.69) is 26.8 Å². The van der Waals surface area contributed by atoms with Crippen molar-refractivity contribution in [2.45, 2.75) is 13.2 Å². The molecule has 5 rings (SSSR count). The molecule has 0 spiro atoms. The first-order valence-electron chi connectivity index (χ1n) is 12.1. The minimum Gasteiger partial charge on any atom is -0.378 e. The lowest BCUT2D eigenvalue weighted by Gasteiger charge is -2.35. The van der Waals surface area contributed by atoms with Crippen LogP contribution in [-0.4, -0.2) is 71.9 Å². The fraction of sp³-hybridized carbons (Fsp3) is 0.385. The van der Waals surface area contributed by atoms with Crippen molar-refractivity contribution in [3.8, 4) is 22.6 Å². The number of aromatic amines is 1. The van der Waals surface area contributed by atoms with Crippen LogP contribution in [0.2, 0.25) is 0 Å². The first-order valence-corrected chi connectivity index (χ1v) is 12.1. The number of nitrogens with zero attached hydrogens (tertiary/aromatic N) is 4. The number of imidazole rings is 1. The summed E-state index contributed by atoms with van der Waals surface area (Å²) in [7, 11) is 0. The molecule has 194 valence electrons. The van der Waals surface area contributed by atoms with Gasteiger partial charge < -0.3 is 29.4 Å². The number of ether oxygens (including phenoxy) is 3. The van der Waals surface area contributed by atoms with Gasteiger partial charge in [0, 0.05) is 31.4 Å². The van der Waals surface area contributed by atoms with Crippen LogP contribution in [0.1, 0.15) is 19.0 Å². The molecule has 1 amide bonds. The molecule has 2 fully saturated rings. The average Bonchev–Trinajstić information content (AvgIpc) is 3.38. The largest absolute Gasteiger partial charge is 0.378 e. The van der Waals surface area contributed by atoms with Crippen LogP contribution in [0, 0.1) is 11.2 Å². The van der Waals surface area contributed by atoms with E-state index in [9.17, 15) is 9.18 Å². The zero-order valence-corrected chi connectivity index (χ0v) is 20.6. The molecule has 11 heteroatoms. The van der Waals surface area contributed by atoms with Crippen molar-refractivity contribution in [2.75, 3.05) is 51.0 Å². The fourth-order valence-corrected chi connectivity index (χ4v) is 4.18. The highest BCUT2D eigenvalue weighted by Gasteiger charge is 2.40. The van der Waals surface area contributed by atoms with Crippen LogP contribution in [0.25, 0.3) is 22.6 Å². The van der Waals surface area contributed by atoms with Gasteiger partial charge in [-0.3, -0.25) is 4.79 Å². The Morgan fingerprint density at radius 2 is 1.95 bits per heavy atom. The van der Waals surface area contributed by atoms with Crippen LogP contribution in [0.3, 0.4) is 0 Å². The van der Waals surface area contributed by atoms with E-state index >= 15 is 0 Å². The lowest BCUT2D eigenvalue weighted by molar-refractivity contribution is -0.230. The van der Waals surface area contributed by atoms with Crippen molar-refractivity contribution in [3.05, 3.63) is 60.8 Å². The van der Waals surface area contributed by atoms with Crippen LogP contribution >= 0.6 is 0 Å². The van der Waals surface area contributed by atoms with E-state index in [1.807, 2.05) is 0 Å². The fourth-order valence-electron chi connectivity index (χ4n) is 4.18. The second kappa shape index (κ2) is 10.8. The standard InChI is InChI=1S/C26H29FN6O4/c1-3-9-28-24(34)26(2)15-36-23(37-16-26)22-31-20(17-4-6-18(27)7-5-17)21(32-22)19-8-10-29-25(30-19)33-11-13-35-14-12-33/h3-8,10,23H,1,9,11-16H2,2H3,(H,28,34)(H,31,32). The second-order valence-electron chi connectivity index (χ2n) is 9.21. The third kappa shape index (κ3) is 5.38. The summed E-state index contributed by atoms with van der Waals surface area (Å²) in [6, 6.07) is 7.87. The molecule has 37 heavy (non-hydrogen) atoms. The number of H-pyrrole nitrogens is 1. The summed E-state index contributed by atoms with van der Waals surface area (Å²) in [5.41, 5.74) is 1.69. The summed E-state index contributed by atoms with van der Waals surface area (Å²) < 4.78 is 31.0. The number of rotatable bonds is 7. The van der Waals surface area contributed by atoms with Crippen LogP contribution in [0.5, 0.6) is 0 Å². The monoisotopic (exact) mass is 508 g/mol. The van der Waals surface area contributed by atoms with Gasteiger partial charge in [0.05, 0.1) is 48.9 Å². The summed E-state index contributed by atoms with van der Waals surface area (Å²) in [6.07, 6.45) is 2.50. The van der Waals surface area contributed by atoms with Crippen molar-refractivity contribution < 1.29 is 23.4 Å². The zero-order valence-electron chi connectivity index (χ0n) is 20.6. The van der Waals surface area contributed by atoms with Crippen molar-refractivity contribution in [3.63, 3.8) is 0 Å². The number of hydrogen-bond donors (Lipinski definition) is 2. The van der Waals surface area contributed by atoms with Crippen LogP contribution in [0.15, 0.2) is 49.2 Å². The molecule has 0 saturated carbocycles. The lowest BCUT2D eigenvalue weighted by Crippen LogP contribution is -2.48. The maximum absolute atomic E-state index is 13.7. The molecule has 0 atom stereocenters. The van der Waals surface area contributed by atoms with Gasteiger partial charge in [0.2, 0.25) is 18.1 Å². The summed E-state index contributed by atoms with van der Waals surface area (Å²) in [5.74, 6) is 0.503. The Bertz CT molecular complexity index is 1250. The van der Waals surface area contributed by atoms with E-state index in [0.29, 0.717) is 67.3 Å². The molecule has 2 N–H and O–H groups in total. The number of amides is 1. The van der Waals surface area contributed by atoms with Crippen LogP contribution in [-0.2, 0) is 19.0 Å². The lowest BCUT2D eigenvalue weighted by atomic mass is 9.91. The highest BCUT2D eigenvalue weighted by Crippen LogP contribution is 2.35. The molecule has 0 radical (unpaired) electrons. The number of benzene rings is 1. The van der Waals surface area contributed by atoms with Crippen LogP contribution in [0.4, 0.5) is 10.3 Å². The molecule has 2 saturated heterocycles. The number of hydrogen-bond acceptors (Lipinski definition) is 8. The van der Waals surface area contributed by atoms with Crippen molar-refractivity contribution in [1.29, 1.82) is 0 Å². The first-order chi connectivity index (χ1) is 18.0. The minimum absolute atomic E-state index is 0.150. The highest BCUT2D eigenvalue weighted by atomic mass is 19.1. The van der Waals surface area contributed by atoms with Gasteiger partial charge in [-0.2, -0.15) is 0 Å². The normalized spacial score (nSPS) is 22.0. The average molecular weight is 509 g/mol. The zero-order chi connectivity index (χ0) is 25.8. The molecular formula is C26H29FN6O4. The maximum atomic E-state index is 13.7. The molecule has 2 aliphatic heterocycles. The molecule has 0 bridgehead atoms. The third-order valence-electron chi connectivity index (χ3n) is 6.32. The van der Waals surface area contributed by atoms with Gasteiger partial charge in [-0.25, -0.2) is 19.3 Å². The Hall–Kier alpha value is -3.67. The van der Waals surface area contributed by atoms with E-state index in [-0.39, 0.29) is 24.9 Å². The smallest absolute Gasteiger partial charge is 0.230 e. The van der Waals surface area contributed by atoms with Gasteiger partial charge in [-0.15, -0.1) is 6.58 Å². The molecule has 3 aromatic rings. The Morgan fingerprint density at radius 3 is 2.65 bits per heavy atom. The third-order valence-corrected chi connectivity index (χ3v) is 6.32. The van der Waals surface area contributed by atoms with Gasteiger partial charge in [0.15, 0.2) is 5.82 Å².